The Hall–Kier alpha value is -1.83. The number of benzene rings is 1. The van der Waals surface area contributed by atoms with Crippen molar-refractivity contribution >= 4 is 12.4 Å². The van der Waals surface area contributed by atoms with Crippen LogP contribution in [0, 0.1) is 0 Å². The quantitative estimate of drug-likeness (QED) is 0.786. The molecular formula is C18H26ClN3O4. The summed E-state index contributed by atoms with van der Waals surface area (Å²) in [5.41, 5.74) is 0.846. The average molecular weight is 384 g/mol. The van der Waals surface area contributed by atoms with Gasteiger partial charge in [-0.2, -0.15) is 4.98 Å². The highest BCUT2D eigenvalue weighted by Gasteiger charge is 2.39. The van der Waals surface area contributed by atoms with E-state index in [0.29, 0.717) is 36.2 Å². The van der Waals surface area contributed by atoms with Crippen molar-refractivity contribution < 1.29 is 18.7 Å². The van der Waals surface area contributed by atoms with Gasteiger partial charge in [0.25, 0.3) is 0 Å². The van der Waals surface area contributed by atoms with Gasteiger partial charge in [0.15, 0.2) is 17.3 Å². The van der Waals surface area contributed by atoms with Crippen LogP contribution in [-0.4, -0.2) is 51.2 Å². The lowest BCUT2D eigenvalue weighted by Crippen LogP contribution is -2.43. The molecule has 0 saturated carbocycles. The molecular weight excluding hydrogens is 358 g/mol. The van der Waals surface area contributed by atoms with Gasteiger partial charge in [-0.1, -0.05) is 11.2 Å². The van der Waals surface area contributed by atoms with E-state index in [1.165, 1.54) is 0 Å². The number of rotatable bonds is 7. The van der Waals surface area contributed by atoms with Crippen molar-refractivity contribution in [1.82, 2.24) is 15.5 Å². The third kappa shape index (κ3) is 4.28. The maximum Gasteiger partial charge on any atom is 0.235 e. The number of aromatic nitrogens is 2. The molecule has 2 heterocycles. The van der Waals surface area contributed by atoms with Gasteiger partial charge in [0.2, 0.25) is 5.89 Å². The van der Waals surface area contributed by atoms with Crippen LogP contribution in [0.15, 0.2) is 22.7 Å². The number of halogens is 1. The first-order chi connectivity index (χ1) is 12.2. The van der Waals surface area contributed by atoms with Gasteiger partial charge in [0.1, 0.15) is 0 Å². The summed E-state index contributed by atoms with van der Waals surface area (Å²) in [5, 5.41) is 7.54. The minimum Gasteiger partial charge on any atom is -0.493 e. The zero-order valence-corrected chi connectivity index (χ0v) is 16.2. The highest BCUT2D eigenvalue weighted by atomic mass is 35.5. The highest BCUT2D eigenvalue weighted by Crippen LogP contribution is 2.33. The largest absolute Gasteiger partial charge is 0.493 e. The van der Waals surface area contributed by atoms with E-state index in [1.54, 1.807) is 21.3 Å². The Morgan fingerprint density at radius 3 is 2.50 bits per heavy atom. The minimum atomic E-state index is -0.192. The number of nitrogens with zero attached hydrogens (tertiary/aromatic N) is 2. The minimum absolute atomic E-state index is 0. The molecule has 1 aliphatic rings. The molecule has 1 aliphatic heterocycles. The lowest BCUT2D eigenvalue weighted by atomic mass is 9.79. The molecule has 0 atom stereocenters. The van der Waals surface area contributed by atoms with Crippen molar-refractivity contribution in [2.45, 2.75) is 24.7 Å². The third-order valence-corrected chi connectivity index (χ3v) is 4.71. The summed E-state index contributed by atoms with van der Waals surface area (Å²) in [6.45, 7) is 2.44. The topological polar surface area (TPSA) is 78.6 Å². The van der Waals surface area contributed by atoms with Crippen molar-refractivity contribution in [2.24, 2.45) is 0 Å². The van der Waals surface area contributed by atoms with Gasteiger partial charge >= 0.3 is 0 Å². The third-order valence-electron chi connectivity index (χ3n) is 4.71. The van der Waals surface area contributed by atoms with E-state index < -0.39 is 0 Å². The van der Waals surface area contributed by atoms with Gasteiger partial charge in [0.05, 0.1) is 26.2 Å². The first-order valence-electron chi connectivity index (χ1n) is 8.44. The zero-order chi connectivity index (χ0) is 17.7. The van der Waals surface area contributed by atoms with Crippen LogP contribution in [0.25, 0.3) is 0 Å². The molecule has 7 nitrogen and oxygen atoms in total. The molecule has 1 fully saturated rings. The molecule has 2 aromatic rings. The molecule has 0 aliphatic carbocycles. The highest BCUT2D eigenvalue weighted by molar-refractivity contribution is 5.85. The standard InChI is InChI=1S/C18H25N3O4.ClH/c1-22-12-18(6-8-19-9-7-18)17-20-16(21-25-17)11-13-4-5-14(23-2)15(10-13)24-3;/h4-5,10,19H,6-9,11-12H2,1-3H3;1H. The van der Waals surface area contributed by atoms with Gasteiger partial charge < -0.3 is 24.1 Å². The molecule has 8 heteroatoms. The fourth-order valence-corrected chi connectivity index (χ4v) is 3.32. The Kier molecular flexibility index (Phi) is 7.25. The maximum atomic E-state index is 5.61. The molecule has 1 aromatic carbocycles. The van der Waals surface area contributed by atoms with E-state index in [1.807, 2.05) is 18.2 Å². The Morgan fingerprint density at radius 2 is 1.85 bits per heavy atom. The number of ether oxygens (including phenoxy) is 3. The van der Waals surface area contributed by atoms with E-state index >= 15 is 0 Å². The Bertz CT molecular complexity index is 696. The summed E-state index contributed by atoms with van der Waals surface area (Å²) in [7, 11) is 4.96. The lowest BCUT2D eigenvalue weighted by Gasteiger charge is -2.33. The molecule has 26 heavy (non-hydrogen) atoms. The molecule has 0 amide bonds. The van der Waals surface area contributed by atoms with Crippen LogP contribution >= 0.6 is 12.4 Å². The van der Waals surface area contributed by atoms with Crippen LogP contribution in [-0.2, 0) is 16.6 Å². The number of nitrogens with one attached hydrogen (secondary N) is 1. The molecule has 144 valence electrons. The van der Waals surface area contributed by atoms with Gasteiger partial charge in [-0.3, -0.25) is 0 Å². The van der Waals surface area contributed by atoms with Gasteiger partial charge in [-0.25, -0.2) is 0 Å². The fourth-order valence-electron chi connectivity index (χ4n) is 3.32. The molecule has 0 bridgehead atoms. The maximum absolute atomic E-state index is 5.61. The summed E-state index contributed by atoms with van der Waals surface area (Å²) in [6.07, 6.45) is 2.43. The Labute approximate surface area is 159 Å². The van der Waals surface area contributed by atoms with Gasteiger partial charge in [-0.05, 0) is 43.6 Å². The van der Waals surface area contributed by atoms with Crippen molar-refractivity contribution in [3.63, 3.8) is 0 Å². The summed E-state index contributed by atoms with van der Waals surface area (Å²) in [5.74, 6) is 2.73. The van der Waals surface area contributed by atoms with Crippen molar-refractivity contribution in [1.29, 1.82) is 0 Å². The van der Waals surface area contributed by atoms with E-state index in [9.17, 15) is 0 Å². The summed E-state index contributed by atoms with van der Waals surface area (Å²) in [4.78, 5) is 4.66. The molecule has 1 saturated heterocycles. The van der Waals surface area contributed by atoms with Gasteiger partial charge in [0, 0.05) is 13.5 Å². The van der Waals surface area contributed by atoms with E-state index in [0.717, 1.165) is 31.5 Å². The molecule has 0 unspecified atom stereocenters. The summed E-state index contributed by atoms with van der Waals surface area (Å²) >= 11 is 0. The normalized spacial score (nSPS) is 16.0. The lowest BCUT2D eigenvalue weighted by molar-refractivity contribution is 0.0849. The number of piperidine rings is 1. The molecule has 3 rings (SSSR count). The van der Waals surface area contributed by atoms with Crippen LogP contribution < -0.4 is 14.8 Å². The molecule has 1 N–H and O–H groups in total. The van der Waals surface area contributed by atoms with Crippen molar-refractivity contribution in [3.05, 3.63) is 35.5 Å². The number of hydrogen-bond donors (Lipinski definition) is 1. The number of hydrogen-bond acceptors (Lipinski definition) is 7. The molecule has 1 aromatic heterocycles. The molecule has 0 spiro atoms. The van der Waals surface area contributed by atoms with Crippen molar-refractivity contribution in [2.75, 3.05) is 41.0 Å². The zero-order valence-electron chi connectivity index (χ0n) is 15.4. The van der Waals surface area contributed by atoms with Crippen molar-refractivity contribution in [3.8, 4) is 11.5 Å². The van der Waals surface area contributed by atoms with Crippen LogP contribution in [0.1, 0.15) is 30.1 Å². The van der Waals surface area contributed by atoms with Crippen LogP contribution in [0.2, 0.25) is 0 Å². The van der Waals surface area contributed by atoms with Crippen LogP contribution in [0.3, 0.4) is 0 Å². The first kappa shape index (κ1) is 20.5. The van der Waals surface area contributed by atoms with E-state index in [2.05, 4.69) is 15.5 Å². The smallest absolute Gasteiger partial charge is 0.235 e. The monoisotopic (exact) mass is 383 g/mol. The second kappa shape index (κ2) is 9.21. The predicted molar refractivity (Wildman–Crippen MR) is 99.6 cm³/mol. The summed E-state index contributed by atoms with van der Waals surface area (Å²) < 4.78 is 21.7. The second-order valence-corrected chi connectivity index (χ2v) is 6.35. The predicted octanol–water partition coefficient (Wildman–Crippen LogP) is 2.37. The Morgan fingerprint density at radius 1 is 1.12 bits per heavy atom. The van der Waals surface area contributed by atoms with E-state index in [-0.39, 0.29) is 17.8 Å². The van der Waals surface area contributed by atoms with Crippen LogP contribution in [0.4, 0.5) is 0 Å². The fraction of sp³-hybridized carbons (Fsp3) is 0.556. The van der Waals surface area contributed by atoms with Gasteiger partial charge in [-0.15, -0.1) is 12.4 Å². The summed E-state index contributed by atoms with van der Waals surface area (Å²) in [6, 6.07) is 5.80. The first-order valence-corrected chi connectivity index (χ1v) is 8.44. The van der Waals surface area contributed by atoms with E-state index in [4.69, 9.17) is 18.7 Å². The SMILES string of the molecule is COCC1(c2nc(Cc3ccc(OC)c(OC)c3)no2)CCNCC1.Cl. The average Bonchev–Trinajstić information content (AvgIpc) is 3.12. The second-order valence-electron chi connectivity index (χ2n) is 6.35. The molecule has 0 radical (unpaired) electrons. The Balaban J connectivity index is 0.00000243. The number of methoxy groups -OCH3 is 3. The van der Waals surface area contributed by atoms with Crippen LogP contribution in [0.5, 0.6) is 11.5 Å².